The second kappa shape index (κ2) is 12.1. The molecule has 1 aliphatic rings. The van der Waals surface area contributed by atoms with E-state index in [9.17, 15) is 19.2 Å². The highest BCUT2D eigenvalue weighted by Gasteiger charge is 2.33. The second-order valence-electron chi connectivity index (χ2n) is 8.56. The number of nitrogens with one attached hydrogen (secondary N) is 1. The van der Waals surface area contributed by atoms with Gasteiger partial charge in [0.25, 0.3) is 0 Å². The zero-order valence-electron chi connectivity index (χ0n) is 19.7. The van der Waals surface area contributed by atoms with E-state index in [2.05, 4.69) is 5.32 Å². The van der Waals surface area contributed by atoms with E-state index in [1.165, 1.54) is 9.80 Å². The fourth-order valence-corrected chi connectivity index (χ4v) is 3.20. The summed E-state index contributed by atoms with van der Waals surface area (Å²) in [6, 6.07) is 7.94. The molecule has 0 radical (unpaired) electrons. The van der Waals surface area contributed by atoms with Crippen LogP contribution in [0.1, 0.15) is 39.7 Å². The van der Waals surface area contributed by atoms with Crippen LogP contribution in [0.15, 0.2) is 30.3 Å². The quantitative estimate of drug-likeness (QED) is 0.487. The van der Waals surface area contributed by atoms with Gasteiger partial charge in [-0.3, -0.25) is 9.59 Å². The summed E-state index contributed by atoms with van der Waals surface area (Å²) >= 11 is 0. The van der Waals surface area contributed by atoms with Crippen LogP contribution in [0.4, 0.5) is 9.59 Å². The SMILES string of the molecule is CCOC(=O)N1CCN(C(=O)[C@H](CC(=O)OC(C)(C)C)NC(=O)OCc2ccccc2)CC1. The Labute approximate surface area is 194 Å². The zero-order chi connectivity index (χ0) is 24.4. The number of carbonyl (C=O) groups excluding carboxylic acids is 4. The van der Waals surface area contributed by atoms with E-state index in [0.29, 0.717) is 13.1 Å². The van der Waals surface area contributed by atoms with Crippen molar-refractivity contribution in [1.82, 2.24) is 15.1 Å². The lowest BCUT2D eigenvalue weighted by molar-refractivity contribution is -0.157. The first-order chi connectivity index (χ1) is 15.6. The highest BCUT2D eigenvalue weighted by atomic mass is 16.6. The maximum Gasteiger partial charge on any atom is 0.409 e. The van der Waals surface area contributed by atoms with Crippen molar-refractivity contribution >= 4 is 24.1 Å². The van der Waals surface area contributed by atoms with Crippen molar-refractivity contribution in [2.75, 3.05) is 32.8 Å². The van der Waals surface area contributed by atoms with Gasteiger partial charge >= 0.3 is 18.2 Å². The summed E-state index contributed by atoms with van der Waals surface area (Å²) in [5.41, 5.74) is 0.0572. The average molecular weight is 464 g/mol. The molecule has 10 heteroatoms. The molecule has 3 amide bonds. The van der Waals surface area contributed by atoms with Gasteiger partial charge in [0.2, 0.25) is 5.91 Å². The predicted molar refractivity (Wildman–Crippen MR) is 119 cm³/mol. The maximum absolute atomic E-state index is 13.1. The molecule has 1 aliphatic heterocycles. The molecule has 0 unspecified atom stereocenters. The molecule has 1 atom stereocenters. The molecule has 1 heterocycles. The molecule has 1 fully saturated rings. The van der Waals surface area contributed by atoms with Crippen LogP contribution in [-0.4, -0.2) is 78.3 Å². The predicted octanol–water partition coefficient (Wildman–Crippen LogP) is 2.31. The van der Waals surface area contributed by atoms with Crippen molar-refractivity contribution < 1.29 is 33.4 Å². The Morgan fingerprint density at radius 1 is 0.970 bits per heavy atom. The average Bonchev–Trinajstić information content (AvgIpc) is 2.76. The van der Waals surface area contributed by atoms with E-state index in [4.69, 9.17) is 14.2 Å². The lowest BCUT2D eigenvalue weighted by Crippen LogP contribution is -2.56. The minimum atomic E-state index is -1.16. The van der Waals surface area contributed by atoms with Crippen molar-refractivity contribution in [3.63, 3.8) is 0 Å². The largest absolute Gasteiger partial charge is 0.460 e. The summed E-state index contributed by atoms with van der Waals surface area (Å²) < 4.78 is 15.5. The molecule has 0 saturated carbocycles. The normalized spacial score (nSPS) is 14.8. The molecule has 1 aromatic rings. The van der Waals surface area contributed by atoms with Crippen LogP contribution in [0.3, 0.4) is 0 Å². The molecule has 33 heavy (non-hydrogen) atoms. The summed E-state index contributed by atoms with van der Waals surface area (Å²) in [6.07, 6.45) is -1.59. The fourth-order valence-electron chi connectivity index (χ4n) is 3.20. The van der Waals surface area contributed by atoms with Crippen molar-refractivity contribution in [1.29, 1.82) is 0 Å². The van der Waals surface area contributed by atoms with Gasteiger partial charge in [-0.25, -0.2) is 9.59 Å². The molecule has 0 aliphatic carbocycles. The topological polar surface area (TPSA) is 114 Å². The number of esters is 1. The Balaban J connectivity index is 2.00. The Hall–Kier alpha value is -3.30. The maximum atomic E-state index is 13.1. The molecular formula is C23H33N3O7. The standard InChI is InChI=1S/C23H33N3O7/c1-5-31-22(30)26-13-11-25(12-14-26)20(28)18(15-19(27)33-23(2,3)4)24-21(29)32-16-17-9-7-6-8-10-17/h6-10,18H,5,11-16H2,1-4H3,(H,24,29)/t18-/m0/s1. The van der Waals surface area contributed by atoms with Gasteiger partial charge in [0.15, 0.2) is 0 Å². The van der Waals surface area contributed by atoms with Crippen LogP contribution in [0.5, 0.6) is 0 Å². The molecule has 182 valence electrons. The van der Waals surface area contributed by atoms with Crippen molar-refractivity contribution in [3.05, 3.63) is 35.9 Å². The van der Waals surface area contributed by atoms with Gasteiger partial charge in [0.1, 0.15) is 18.2 Å². The summed E-state index contributed by atoms with van der Waals surface area (Å²) in [4.78, 5) is 52.8. The van der Waals surface area contributed by atoms with Crippen LogP contribution >= 0.6 is 0 Å². The number of nitrogens with zero attached hydrogens (tertiary/aromatic N) is 2. The van der Waals surface area contributed by atoms with E-state index in [-0.39, 0.29) is 32.7 Å². The first-order valence-corrected chi connectivity index (χ1v) is 11.0. The van der Waals surface area contributed by atoms with Crippen molar-refractivity contribution in [3.8, 4) is 0 Å². The lowest BCUT2D eigenvalue weighted by atomic mass is 10.1. The number of amides is 3. The number of rotatable bonds is 7. The number of benzene rings is 1. The van der Waals surface area contributed by atoms with E-state index in [1.807, 2.05) is 18.2 Å². The molecule has 0 spiro atoms. The highest BCUT2D eigenvalue weighted by molar-refractivity contribution is 5.90. The number of alkyl carbamates (subject to hydrolysis) is 1. The van der Waals surface area contributed by atoms with Crippen LogP contribution in [-0.2, 0) is 30.4 Å². The second-order valence-corrected chi connectivity index (χ2v) is 8.56. The minimum absolute atomic E-state index is 0.0260. The highest BCUT2D eigenvalue weighted by Crippen LogP contribution is 2.13. The number of hydrogen-bond acceptors (Lipinski definition) is 7. The van der Waals surface area contributed by atoms with Crippen LogP contribution in [0.25, 0.3) is 0 Å². The van der Waals surface area contributed by atoms with Crippen LogP contribution in [0, 0.1) is 0 Å². The summed E-state index contributed by atoms with van der Waals surface area (Å²) in [7, 11) is 0. The zero-order valence-corrected chi connectivity index (χ0v) is 19.7. The van der Waals surface area contributed by atoms with Gasteiger partial charge in [-0.05, 0) is 33.3 Å². The third-order valence-corrected chi connectivity index (χ3v) is 4.71. The number of piperazine rings is 1. The molecule has 0 bridgehead atoms. The summed E-state index contributed by atoms with van der Waals surface area (Å²) in [6.45, 7) is 8.27. The summed E-state index contributed by atoms with van der Waals surface area (Å²) in [5, 5.41) is 2.50. The van der Waals surface area contributed by atoms with Gasteiger partial charge in [0, 0.05) is 26.2 Å². The van der Waals surface area contributed by atoms with Gasteiger partial charge in [-0.2, -0.15) is 0 Å². The van der Waals surface area contributed by atoms with Crippen molar-refractivity contribution in [2.24, 2.45) is 0 Å². The molecule has 0 aromatic heterocycles. The van der Waals surface area contributed by atoms with Crippen LogP contribution in [0.2, 0.25) is 0 Å². The molecule has 1 saturated heterocycles. The molecule has 2 rings (SSSR count). The Kier molecular flexibility index (Phi) is 9.50. The van der Waals surface area contributed by atoms with Crippen LogP contribution < -0.4 is 5.32 Å². The molecular weight excluding hydrogens is 430 g/mol. The number of hydrogen-bond donors (Lipinski definition) is 1. The first-order valence-electron chi connectivity index (χ1n) is 11.0. The first kappa shape index (κ1) is 26.0. The molecule has 1 N–H and O–H groups in total. The van der Waals surface area contributed by atoms with Gasteiger partial charge in [-0.1, -0.05) is 30.3 Å². The van der Waals surface area contributed by atoms with Gasteiger partial charge in [0.05, 0.1) is 13.0 Å². The monoisotopic (exact) mass is 463 g/mol. The Morgan fingerprint density at radius 2 is 1.58 bits per heavy atom. The fraction of sp³-hybridized carbons (Fsp3) is 0.565. The Bertz CT molecular complexity index is 815. The lowest BCUT2D eigenvalue weighted by Gasteiger charge is -2.35. The van der Waals surface area contributed by atoms with Gasteiger partial charge in [-0.15, -0.1) is 0 Å². The van der Waals surface area contributed by atoms with E-state index >= 15 is 0 Å². The number of carbonyl (C=O) groups is 4. The number of ether oxygens (including phenoxy) is 3. The minimum Gasteiger partial charge on any atom is -0.460 e. The van der Waals surface area contributed by atoms with Gasteiger partial charge < -0.3 is 29.3 Å². The third-order valence-electron chi connectivity index (χ3n) is 4.71. The molecule has 10 nitrogen and oxygen atoms in total. The van der Waals surface area contributed by atoms with E-state index in [1.54, 1.807) is 39.8 Å². The third kappa shape index (κ3) is 8.99. The van der Waals surface area contributed by atoms with E-state index < -0.39 is 35.7 Å². The Morgan fingerprint density at radius 3 is 2.15 bits per heavy atom. The van der Waals surface area contributed by atoms with Crippen molar-refractivity contribution in [2.45, 2.75) is 52.4 Å². The molecule has 1 aromatic carbocycles. The summed E-state index contributed by atoms with van der Waals surface area (Å²) in [5.74, 6) is -1.06. The smallest absolute Gasteiger partial charge is 0.409 e. The van der Waals surface area contributed by atoms with E-state index in [0.717, 1.165) is 5.56 Å².